The first-order valence-corrected chi connectivity index (χ1v) is 9.99. The lowest BCUT2D eigenvalue weighted by Crippen LogP contribution is -2.12. The molecule has 7 nitrogen and oxygen atoms in total. The highest BCUT2D eigenvalue weighted by molar-refractivity contribution is 7.07. The number of nitrogens with zero attached hydrogens (tertiary/aromatic N) is 3. The minimum Gasteiger partial charge on any atom is -0.497 e. The second-order valence-electron chi connectivity index (χ2n) is 6.11. The maximum atomic E-state index is 5.56. The second kappa shape index (κ2) is 8.40. The van der Waals surface area contributed by atoms with Gasteiger partial charge in [0.2, 0.25) is 11.6 Å². The molecule has 0 spiro atoms. The van der Waals surface area contributed by atoms with Crippen molar-refractivity contribution in [1.82, 2.24) is 4.68 Å². The molecule has 2 heterocycles. The van der Waals surface area contributed by atoms with Gasteiger partial charge in [-0.05, 0) is 48.9 Å². The molecule has 1 aliphatic rings. The fourth-order valence-corrected chi connectivity index (χ4v) is 3.86. The van der Waals surface area contributed by atoms with Crippen LogP contribution in [0.3, 0.4) is 0 Å². The van der Waals surface area contributed by atoms with E-state index in [2.05, 4.69) is 4.99 Å². The standard InChI is InChI=1S/C21H21N3O4S/c1-4-22-21-24(23-11-14-5-7-19-20(9-14)28-13-27-19)17(12-29-21)16-10-15(25-2)6-8-18(16)26-3/h5-12H,4,13H2,1-3H3. The molecule has 0 fully saturated rings. The monoisotopic (exact) mass is 411 g/mol. The maximum Gasteiger partial charge on any atom is 0.231 e. The zero-order valence-electron chi connectivity index (χ0n) is 16.4. The van der Waals surface area contributed by atoms with Crippen molar-refractivity contribution in [2.45, 2.75) is 6.92 Å². The van der Waals surface area contributed by atoms with Crippen molar-refractivity contribution in [3.05, 3.63) is 52.1 Å². The minimum atomic E-state index is 0.245. The van der Waals surface area contributed by atoms with Gasteiger partial charge in [-0.1, -0.05) is 0 Å². The van der Waals surface area contributed by atoms with Gasteiger partial charge in [0.1, 0.15) is 11.5 Å². The van der Waals surface area contributed by atoms with Crippen LogP contribution in [0.4, 0.5) is 0 Å². The summed E-state index contributed by atoms with van der Waals surface area (Å²) < 4.78 is 23.6. The van der Waals surface area contributed by atoms with E-state index >= 15 is 0 Å². The van der Waals surface area contributed by atoms with Crippen LogP contribution in [0.15, 0.2) is 51.9 Å². The zero-order valence-corrected chi connectivity index (χ0v) is 17.2. The van der Waals surface area contributed by atoms with E-state index in [-0.39, 0.29) is 6.79 Å². The highest BCUT2D eigenvalue weighted by Crippen LogP contribution is 2.34. The maximum absolute atomic E-state index is 5.56. The normalized spacial score (nSPS) is 13.3. The number of hydrogen-bond acceptors (Lipinski definition) is 7. The molecule has 0 atom stereocenters. The van der Waals surface area contributed by atoms with E-state index in [1.807, 2.05) is 53.4 Å². The van der Waals surface area contributed by atoms with E-state index in [0.717, 1.165) is 44.6 Å². The Bertz CT molecular complexity index is 1120. The molecule has 4 rings (SSSR count). The van der Waals surface area contributed by atoms with Crippen molar-refractivity contribution >= 4 is 17.6 Å². The summed E-state index contributed by atoms with van der Waals surface area (Å²) >= 11 is 1.52. The smallest absolute Gasteiger partial charge is 0.231 e. The van der Waals surface area contributed by atoms with Crippen LogP contribution < -0.4 is 23.7 Å². The summed E-state index contributed by atoms with van der Waals surface area (Å²) in [7, 11) is 3.29. The largest absolute Gasteiger partial charge is 0.497 e. The molecule has 0 unspecified atom stereocenters. The summed E-state index contributed by atoms with van der Waals surface area (Å²) in [6, 6.07) is 11.4. The van der Waals surface area contributed by atoms with Crippen molar-refractivity contribution in [2.75, 3.05) is 27.6 Å². The molecule has 0 aliphatic carbocycles. The summed E-state index contributed by atoms with van der Waals surface area (Å²) in [6.45, 7) is 2.90. The number of benzene rings is 2. The van der Waals surface area contributed by atoms with Gasteiger partial charge >= 0.3 is 0 Å². The molecule has 1 aromatic heterocycles. The van der Waals surface area contributed by atoms with E-state index in [0.29, 0.717) is 6.54 Å². The number of ether oxygens (including phenoxy) is 4. The van der Waals surface area contributed by atoms with Gasteiger partial charge < -0.3 is 18.9 Å². The summed E-state index contributed by atoms with van der Waals surface area (Å²) in [5, 5.41) is 6.72. The molecule has 0 N–H and O–H groups in total. The minimum absolute atomic E-state index is 0.245. The summed E-state index contributed by atoms with van der Waals surface area (Å²) in [5.74, 6) is 2.94. The lowest BCUT2D eigenvalue weighted by Gasteiger charge is -2.11. The Labute approximate surface area is 172 Å². The number of aromatic nitrogens is 1. The van der Waals surface area contributed by atoms with Gasteiger partial charge in [0.25, 0.3) is 0 Å². The predicted octanol–water partition coefficient (Wildman–Crippen LogP) is 3.77. The average Bonchev–Trinajstić information content (AvgIpc) is 3.38. The average molecular weight is 411 g/mol. The van der Waals surface area contributed by atoms with E-state index in [4.69, 9.17) is 24.0 Å². The van der Waals surface area contributed by atoms with Crippen molar-refractivity contribution < 1.29 is 18.9 Å². The Morgan fingerprint density at radius 2 is 1.97 bits per heavy atom. The Morgan fingerprint density at radius 1 is 1.10 bits per heavy atom. The van der Waals surface area contributed by atoms with E-state index in [1.54, 1.807) is 20.4 Å². The second-order valence-corrected chi connectivity index (χ2v) is 6.95. The third kappa shape index (κ3) is 3.84. The summed E-state index contributed by atoms with van der Waals surface area (Å²) in [5.41, 5.74) is 2.65. The first-order chi connectivity index (χ1) is 14.2. The molecule has 1 aliphatic heterocycles. The predicted molar refractivity (Wildman–Crippen MR) is 113 cm³/mol. The molecular weight excluding hydrogens is 390 g/mol. The van der Waals surface area contributed by atoms with Crippen LogP contribution in [0.2, 0.25) is 0 Å². The van der Waals surface area contributed by atoms with Crippen molar-refractivity contribution in [3.63, 3.8) is 0 Å². The van der Waals surface area contributed by atoms with E-state index in [1.165, 1.54) is 11.3 Å². The number of rotatable bonds is 6. The highest BCUT2D eigenvalue weighted by atomic mass is 32.1. The Morgan fingerprint density at radius 3 is 2.76 bits per heavy atom. The van der Waals surface area contributed by atoms with E-state index in [9.17, 15) is 0 Å². The lowest BCUT2D eigenvalue weighted by atomic mass is 10.1. The van der Waals surface area contributed by atoms with Gasteiger partial charge in [0.05, 0.1) is 26.1 Å². The first kappa shape index (κ1) is 19.1. The topological polar surface area (TPSA) is 66.6 Å². The molecule has 0 saturated carbocycles. The molecule has 0 saturated heterocycles. The van der Waals surface area contributed by atoms with Crippen LogP contribution in [-0.4, -0.2) is 38.4 Å². The quantitative estimate of drug-likeness (QED) is 0.579. The number of thiazole rings is 1. The fourth-order valence-electron chi connectivity index (χ4n) is 2.97. The first-order valence-electron chi connectivity index (χ1n) is 9.11. The molecule has 0 amide bonds. The zero-order chi connectivity index (χ0) is 20.2. The van der Waals surface area contributed by atoms with Crippen molar-refractivity contribution in [2.24, 2.45) is 10.1 Å². The molecule has 0 radical (unpaired) electrons. The third-order valence-electron chi connectivity index (χ3n) is 4.38. The number of hydrogen-bond donors (Lipinski definition) is 0. The van der Waals surface area contributed by atoms with Gasteiger partial charge in [-0.2, -0.15) is 5.10 Å². The van der Waals surface area contributed by atoms with Gasteiger partial charge in [-0.3, -0.25) is 4.99 Å². The summed E-state index contributed by atoms with van der Waals surface area (Å²) in [6.07, 6.45) is 1.78. The van der Waals surface area contributed by atoms with Crippen LogP contribution in [0.5, 0.6) is 23.0 Å². The van der Waals surface area contributed by atoms with Gasteiger partial charge in [0.15, 0.2) is 11.5 Å². The summed E-state index contributed by atoms with van der Waals surface area (Å²) in [4.78, 5) is 5.37. The SMILES string of the molecule is CCN=c1scc(-c2cc(OC)ccc2OC)n1N=Cc1ccc2c(c1)OCO2. The Kier molecular flexibility index (Phi) is 5.53. The highest BCUT2D eigenvalue weighted by Gasteiger charge is 2.15. The van der Waals surface area contributed by atoms with Crippen molar-refractivity contribution in [3.8, 4) is 34.3 Å². The molecule has 0 bridgehead atoms. The molecule has 29 heavy (non-hydrogen) atoms. The number of methoxy groups -OCH3 is 2. The fraction of sp³-hybridized carbons (Fsp3) is 0.238. The molecular formula is C21H21N3O4S. The van der Waals surface area contributed by atoms with E-state index < -0.39 is 0 Å². The van der Waals surface area contributed by atoms with Crippen LogP contribution in [-0.2, 0) is 0 Å². The van der Waals surface area contributed by atoms with Crippen LogP contribution in [0, 0.1) is 0 Å². The molecule has 150 valence electrons. The molecule has 8 heteroatoms. The molecule has 2 aromatic carbocycles. The van der Waals surface area contributed by atoms with Crippen LogP contribution >= 0.6 is 11.3 Å². The molecule has 3 aromatic rings. The van der Waals surface area contributed by atoms with Crippen molar-refractivity contribution in [1.29, 1.82) is 0 Å². The van der Waals surface area contributed by atoms with Crippen LogP contribution in [0.1, 0.15) is 12.5 Å². The lowest BCUT2D eigenvalue weighted by molar-refractivity contribution is 0.174. The van der Waals surface area contributed by atoms with Gasteiger partial charge in [0, 0.05) is 17.5 Å². The number of fused-ring (bicyclic) bond motifs is 1. The van der Waals surface area contributed by atoms with Gasteiger partial charge in [-0.25, -0.2) is 4.68 Å². The Hall–Kier alpha value is -3.26. The van der Waals surface area contributed by atoms with Gasteiger partial charge in [-0.15, -0.1) is 11.3 Å². The third-order valence-corrected chi connectivity index (χ3v) is 5.23. The van der Waals surface area contributed by atoms with Crippen LogP contribution in [0.25, 0.3) is 11.3 Å². The Balaban J connectivity index is 1.79.